The van der Waals surface area contributed by atoms with Crippen LogP contribution in [-0.4, -0.2) is 24.2 Å². The van der Waals surface area contributed by atoms with E-state index < -0.39 is 5.97 Å². The molecule has 0 aliphatic carbocycles. The molecule has 0 bridgehead atoms. The molecule has 132 valence electrons. The molecule has 4 nitrogen and oxygen atoms in total. The van der Waals surface area contributed by atoms with Gasteiger partial charge in [-0.2, -0.15) is 0 Å². The highest BCUT2D eigenvalue weighted by Gasteiger charge is 2.08. The summed E-state index contributed by atoms with van der Waals surface area (Å²) in [4.78, 5) is 23.4. The van der Waals surface area contributed by atoms with Crippen LogP contribution in [0.25, 0.3) is 0 Å². The molecule has 0 unspecified atom stereocenters. The van der Waals surface area contributed by atoms with E-state index in [9.17, 15) is 9.59 Å². The predicted octanol–water partition coefficient (Wildman–Crippen LogP) is 4.09. The Balaban J connectivity index is 1.61. The lowest BCUT2D eigenvalue weighted by Gasteiger charge is -2.07. The standard InChI is InChI=1S/C18H17Cl2NO3S/c19-15-7-6-14(8-16(15)20)11-25-12-17(22)21-9-18(23)24-10-13-4-2-1-3-5-13/h1-8H,9-12H2,(H,21,22). The normalized spacial score (nSPS) is 10.3. The van der Waals surface area contributed by atoms with Gasteiger partial charge in [-0.1, -0.05) is 59.6 Å². The molecule has 0 aliphatic rings. The van der Waals surface area contributed by atoms with Crippen LogP contribution in [0.1, 0.15) is 11.1 Å². The van der Waals surface area contributed by atoms with Gasteiger partial charge in [-0.05, 0) is 23.3 Å². The first-order chi connectivity index (χ1) is 12.0. The molecular weight excluding hydrogens is 381 g/mol. The summed E-state index contributed by atoms with van der Waals surface area (Å²) in [6.07, 6.45) is 0. The average molecular weight is 398 g/mol. The van der Waals surface area contributed by atoms with Gasteiger partial charge in [0, 0.05) is 5.75 Å². The molecule has 0 aliphatic heterocycles. The van der Waals surface area contributed by atoms with E-state index >= 15 is 0 Å². The van der Waals surface area contributed by atoms with Gasteiger partial charge in [-0.15, -0.1) is 11.8 Å². The Bertz CT molecular complexity index is 726. The summed E-state index contributed by atoms with van der Waals surface area (Å²) in [5, 5.41) is 3.54. The fourth-order valence-electron chi connectivity index (χ4n) is 1.90. The maximum Gasteiger partial charge on any atom is 0.325 e. The van der Waals surface area contributed by atoms with Crippen LogP contribution in [0.2, 0.25) is 10.0 Å². The van der Waals surface area contributed by atoms with Crippen molar-refractivity contribution in [1.29, 1.82) is 0 Å². The minimum absolute atomic E-state index is 0.140. The first-order valence-electron chi connectivity index (χ1n) is 7.52. The highest BCUT2D eigenvalue weighted by molar-refractivity contribution is 7.99. The number of rotatable bonds is 8. The van der Waals surface area contributed by atoms with Gasteiger partial charge in [-0.3, -0.25) is 9.59 Å². The summed E-state index contributed by atoms with van der Waals surface area (Å²) in [5.74, 6) is 0.183. The largest absolute Gasteiger partial charge is 0.460 e. The molecule has 0 fully saturated rings. The van der Waals surface area contributed by atoms with Gasteiger partial charge >= 0.3 is 5.97 Å². The molecule has 25 heavy (non-hydrogen) atoms. The van der Waals surface area contributed by atoms with Crippen LogP contribution in [-0.2, 0) is 26.7 Å². The monoisotopic (exact) mass is 397 g/mol. The van der Waals surface area contributed by atoms with Crippen molar-refractivity contribution < 1.29 is 14.3 Å². The Labute approximate surface area is 160 Å². The molecule has 0 aromatic heterocycles. The minimum atomic E-state index is -0.466. The van der Waals surface area contributed by atoms with Crippen LogP contribution in [0.15, 0.2) is 48.5 Å². The number of esters is 1. The Morgan fingerprint density at radius 2 is 1.76 bits per heavy atom. The minimum Gasteiger partial charge on any atom is -0.460 e. The van der Waals surface area contributed by atoms with E-state index in [2.05, 4.69) is 5.32 Å². The number of nitrogens with one attached hydrogen (secondary N) is 1. The van der Waals surface area contributed by atoms with Gasteiger partial charge in [0.2, 0.25) is 5.91 Å². The van der Waals surface area contributed by atoms with Gasteiger partial charge in [0.1, 0.15) is 13.2 Å². The molecule has 0 saturated heterocycles. The zero-order valence-electron chi connectivity index (χ0n) is 13.3. The number of hydrogen-bond acceptors (Lipinski definition) is 4. The van der Waals surface area contributed by atoms with Crippen LogP contribution >= 0.6 is 35.0 Å². The summed E-state index contributed by atoms with van der Waals surface area (Å²) in [7, 11) is 0. The third-order valence-corrected chi connectivity index (χ3v) is 4.90. The number of hydrogen-bond donors (Lipinski definition) is 1. The van der Waals surface area contributed by atoms with Crippen molar-refractivity contribution in [3.63, 3.8) is 0 Å². The van der Waals surface area contributed by atoms with E-state index in [4.69, 9.17) is 27.9 Å². The van der Waals surface area contributed by atoms with Crippen LogP contribution in [0.3, 0.4) is 0 Å². The molecule has 2 rings (SSSR count). The third-order valence-electron chi connectivity index (χ3n) is 3.16. The molecule has 0 spiro atoms. The molecule has 0 heterocycles. The first kappa shape index (κ1) is 19.6. The van der Waals surface area contributed by atoms with E-state index in [0.29, 0.717) is 15.8 Å². The van der Waals surface area contributed by atoms with Crippen molar-refractivity contribution in [2.24, 2.45) is 0 Å². The molecule has 0 saturated carbocycles. The number of thioether (sulfide) groups is 1. The number of benzene rings is 2. The molecule has 7 heteroatoms. The van der Waals surface area contributed by atoms with E-state index in [0.717, 1.165) is 11.1 Å². The van der Waals surface area contributed by atoms with Crippen molar-refractivity contribution in [3.8, 4) is 0 Å². The summed E-state index contributed by atoms with van der Waals surface area (Å²) < 4.78 is 5.09. The Morgan fingerprint density at radius 1 is 1.00 bits per heavy atom. The van der Waals surface area contributed by atoms with Crippen molar-refractivity contribution in [2.45, 2.75) is 12.4 Å². The van der Waals surface area contributed by atoms with Crippen molar-refractivity contribution in [3.05, 3.63) is 69.7 Å². The fraction of sp³-hybridized carbons (Fsp3) is 0.222. The highest BCUT2D eigenvalue weighted by Crippen LogP contribution is 2.24. The van der Waals surface area contributed by atoms with E-state index in [1.54, 1.807) is 12.1 Å². The van der Waals surface area contributed by atoms with Gasteiger partial charge < -0.3 is 10.1 Å². The van der Waals surface area contributed by atoms with E-state index in [1.165, 1.54) is 11.8 Å². The van der Waals surface area contributed by atoms with Crippen LogP contribution in [0, 0.1) is 0 Å². The SMILES string of the molecule is O=C(CSCc1ccc(Cl)c(Cl)c1)NCC(=O)OCc1ccccc1. The Morgan fingerprint density at radius 3 is 2.48 bits per heavy atom. The van der Waals surface area contributed by atoms with Crippen LogP contribution in [0.4, 0.5) is 0 Å². The average Bonchev–Trinajstić information content (AvgIpc) is 2.62. The van der Waals surface area contributed by atoms with Crippen LogP contribution < -0.4 is 5.32 Å². The third kappa shape index (κ3) is 7.38. The van der Waals surface area contributed by atoms with Gasteiger partial charge in [0.25, 0.3) is 0 Å². The second-order valence-electron chi connectivity index (χ2n) is 5.16. The van der Waals surface area contributed by atoms with Crippen molar-refractivity contribution >= 4 is 46.8 Å². The summed E-state index contributed by atoms with van der Waals surface area (Å²) >= 11 is 13.2. The second-order valence-corrected chi connectivity index (χ2v) is 6.96. The lowest BCUT2D eigenvalue weighted by molar-refractivity contribution is -0.145. The maximum absolute atomic E-state index is 11.7. The Hall–Kier alpha value is -1.69. The molecule has 1 amide bonds. The summed E-state index contributed by atoms with van der Waals surface area (Å²) in [6, 6.07) is 14.7. The molecule has 2 aromatic rings. The smallest absolute Gasteiger partial charge is 0.325 e. The summed E-state index contributed by atoms with van der Waals surface area (Å²) in [5.41, 5.74) is 1.88. The number of halogens is 2. The highest BCUT2D eigenvalue weighted by atomic mass is 35.5. The van der Waals surface area contributed by atoms with E-state index in [-0.39, 0.29) is 24.8 Å². The topological polar surface area (TPSA) is 55.4 Å². The van der Waals surface area contributed by atoms with E-state index in [1.807, 2.05) is 36.4 Å². The molecule has 1 N–H and O–H groups in total. The van der Waals surface area contributed by atoms with Crippen molar-refractivity contribution in [2.75, 3.05) is 12.3 Å². The fourth-order valence-corrected chi connectivity index (χ4v) is 3.03. The molecular formula is C18H17Cl2NO3S. The van der Waals surface area contributed by atoms with Gasteiger partial charge in [-0.25, -0.2) is 0 Å². The predicted molar refractivity (Wildman–Crippen MR) is 102 cm³/mol. The zero-order chi connectivity index (χ0) is 18.1. The Kier molecular flexibility index (Phi) is 8.12. The molecule has 0 atom stereocenters. The number of carbonyl (C=O) groups is 2. The van der Waals surface area contributed by atoms with Gasteiger partial charge in [0.05, 0.1) is 15.8 Å². The zero-order valence-corrected chi connectivity index (χ0v) is 15.7. The number of ether oxygens (including phenoxy) is 1. The van der Waals surface area contributed by atoms with Crippen molar-refractivity contribution in [1.82, 2.24) is 5.32 Å². The molecule has 2 aromatic carbocycles. The number of amides is 1. The lowest BCUT2D eigenvalue weighted by Crippen LogP contribution is -2.31. The number of carbonyl (C=O) groups excluding carboxylic acids is 2. The van der Waals surface area contributed by atoms with Gasteiger partial charge in [0.15, 0.2) is 0 Å². The quantitative estimate of drug-likeness (QED) is 0.681. The summed E-state index contributed by atoms with van der Waals surface area (Å²) in [6.45, 7) is 0.0562. The second kappa shape index (κ2) is 10.3. The lowest BCUT2D eigenvalue weighted by atomic mass is 10.2. The maximum atomic E-state index is 11.7. The van der Waals surface area contributed by atoms with Crippen LogP contribution in [0.5, 0.6) is 0 Å². The molecule has 0 radical (unpaired) electrons. The first-order valence-corrected chi connectivity index (χ1v) is 9.43.